The van der Waals surface area contributed by atoms with Crippen LogP contribution in [0.3, 0.4) is 0 Å². The second-order valence-corrected chi connectivity index (χ2v) is 5.91. The van der Waals surface area contributed by atoms with Crippen LogP contribution in [-0.4, -0.2) is 41.7 Å². The Kier molecular flexibility index (Phi) is 4.26. The van der Waals surface area contributed by atoms with E-state index in [9.17, 15) is 9.59 Å². The van der Waals surface area contributed by atoms with E-state index in [1.54, 1.807) is 22.4 Å². The Bertz CT molecular complexity index is 714. The molecule has 1 aromatic carbocycles. The van der Waals surface area contributed by atoms with Crippen molar-refractivity contribution in [3.05, 3.63) is 39.3 Å². The fraction of sp³-hybridized carbons (Fsp3) is 0.333. The first kappa shape index (κ1) is 14.8. The summed E-state index contributed by atoms with van der Waals surface area (Å²) in [6.07, 6.45) is 0. The molecule has 0 spiro atoms. The Labute approximate surface area is 131 Å². The van der Waals surface area contributed by atoms with Crippen LogP contribution in [0.1, 0.15) is 0 Å². The Morgan fingerprint density at radius 3 is 2.59 bits per heavy atom. The van der Waals surface area contributed by atoms with Gasteiger partial charge in [-0.2, -0.15) is 0 Å². The first-order valence-corrected chi connectivity index (χ1v) is 7.93. The summed E-state index contributed by atoms with van der Waals surface area (Å²) in [5, 5.41) is 1.78. The van der Waals surface area contributed by atoms with Crippen molar-refractivity contribution in [1.29, 1.82) is 0 Å². The number of rotatable bonds is 3. The molecule has 116 valence electrons. The highest BCUT2D eigenvalue weighted by molar-refractivity contribution is 7.07. The molecule has 0 radical (unpaired) electrons. The van der Waals surface area contributed by atoms with E-state index >= 15 is 0 Å². The molecule has 1 amide bonds. The average Bonchev–Trinajstić information content (AvgIpc) is 2.90. The van der Waals surface area contributed by atoms with Crippen LogP contribution in [0.2, 0.25) is 0 Å². The molecule has 1 aliphatic heterocycles. The third-order valence-corrected chi connectivity index (χ3v) is 4.41. The molecule has 2 heterocycles. The molecule has 2 aromatic rings. The molecule has 0 atom stereocenters. The molecular weight excluding hydrogens is 302 g/mol. The van der Waals surface area contributed by atoms with Gasteiger partial charge in [0, 0.05) is 24.2 Å². The lowest BCUT2D eigenvalue weighted by atomic mass is 10.1. The van der Waals surface area contributed by atoms with Gasteiger partial charge in [-0.3, -0.25) is 14.2 Å². The molecular formula is C15H17N3O3S. The van der Waals surface area contributed by atoms with E-state index < -0.39 is 0 Å². The maximum atomic E-state index is 12.4. The zero-order valence-electron chi connectivity index (χ0n) is 12.0. The number of thiazole rings is 1. The fourth-order valence-electron chi connectivity index (χ4n) is 2.41. The zero-order valence-corrected chi connectivity index (χ0v) is 12.8. The fourth-order valence-corrected chi connectivity index (χ4v) is 3.17. The Morgan fingerprint density at radius 1 is 1.23 bits per heavy atom. The Hall–Kier alpha value is -2.12. The highest BCUT2D eigenvalue weighted by atomic mass is 32.1. The molecule has 0 bridgehead atoms. The lowest BCUT2D eigenvalue weighted by Gasteiger charge is -2.27. The summed E-state index contributed by atoms with van der Waals surface area (Å²) in [5.41, 5.74) is 7.98. The van der Waals surface area contributed by atoms with Crippen LogP contribution >= 0.6 is 11.3 Å². The van der Waals surface area contributed by atoms with Crippen LogP contribution < -0.4 is 10.6 Å². The number of hydrogen-bond acceptors (Lipinski definition) is 5. The van der Waals surface area contributed by atoms with E-state index in [4.69, 9.17) is 10.5 Å². The van der Waals surface area contributed by atoms with E-state index in [2.05, 4.69) is 0 Å². The van der Waals surface area contributed by atoms with Crippen LogP contribution in [-0.2, 0) is 16.1 Å². The number of morpholine rings is 1. The molecule has 3 rings (SSSR count). The number of anilines is 1. The summed E-state index contributed by atoms with van der Waals surface area (Å²) >= 11 is 1.10. The van der Waals surface area contributed by atoms with Gasteiger partial charge in [-0.05, 0) is 17.7 Å². The van der Waals surface area contributed by atoms with Crippen molar-refractivity contribution >= 4 is 22.9 Å². The number of carbonyl (C=O) groups is 1. The predicted octanol–water partition coefficient (Wildman–Crippen LogP) is 1.02. The van der Waals surface area contributed by atoms with E-state index in [-0.39, 0.29) is 17.3 Å². The van der Waals surface area contributed by atoms with Crippen molar-refractivity contribution < 1.29 is 9.53 Å². The minimum atomic E-state index is -0.131. The molecule has 2 N–H and O–H groups in total. The summed E-state index contributed by atoms with van der Waals surface area (Å²) < 4.78 is 6.76. The molecule has 7 heteroatoms. The maximum absolute atomic E-state index is 12.4. The van der Waals surface area contributed by atoms with Gasteiger partial charge in [0.2, 0.25) is 5.91 Å². The first-order valence-electron chi connectivity index (χ1n) is 7.05. The van der Waals surface area contributed by atoms with Crippen molar-refractivity contribution in [3.63, 3.8) is 0 Å². The number of ether oxygens (including phenoxy) is 1. The number of hydrogen-bond donors (Lipinski definition) is 1. The molecule has 1 fully saturated rings. The summed E-state index contributed by atoms with van der Waals surface area (Å²) in [5.74, 6) is -0.0551. The van der Waals surface area contributed by atoms with Crippen molar-refractivity contribution in [3.8, 4) is 11.3 Å². The van der Waals surface area contributed by atoms with Gasteiger partial charge >= 0.3 is 4.87 Å². The van der Waals surface area contributed by atoms with Crippen LogP contribution in [0.5, 0.6) is 0 Å². The number of amides is 1. The summed E-state index contributed by atoms with van der Waals surface area (Å²) in [7, 11) is 0. The number of carbonyl (C=O) groups excluding carboxylic acids is 1. The molecule has 22 heavy (non-hydrogen) atoms. The highest BCUT2D eigenvalue weighted by Crippen LogP contribution is 2.21. The van der Waals surface area contributed by atoms with Crippen LogP contribution in [0.4, 0.5) is 5.69 Å². The minimum Gasteiger partial charge on any atom is -0.399 e. The van der Waals surface area contributed by atoms with Gasteiger partial charge in [-0.1, -0.05) is 23.5 Å². The van der Waals surface area contributed by atoms with Crippen molar-refractivity contribution in [1.82, 2.24) is 9.47 Å². The van der Waals surface area contributed by atoms with Crippen molar-refractivity contribution in [2.24, 2.45) is 0 Å². The standard InChI is InChI=1S/C15H17N3O3S/c16-12-3-1-11(2-4-12)13-10-22-15(20)18(13)9-14(19)17-5-7-21-8-6-17/h1-4,10H,5-9,16H2. The second kappa shape index (κ2) is 6.33. The van der Waals surface area contributed by atoms with Crippen LogP contribution in [0, 0.1) is 0 Å². The van der Waals surface area contributed by atoms with Gasteiger partial charge in [0.05, 0.1) is 18.9 Å². The Morgan fingerprint density at radius 2 is 1.91 bits per heavy atom. The van der Waals surface area contributed by atoms with E-state index in [0.29, 0.717) is 32.0 Å². The SMILES string of the molecule is Nc1ccc(-c2csc(=O)n2CC(=O)N2CCOCC2)cc1. The lowest BCUT2D eigenvalue weighted by molar-refractivity contribution is -0.135. The smallest absolute Gasteiger partial charge is 0.308 e. The molecule has 1 aromatic heterocycles. The number of nitrogen functional groups attached to an aromatic ring is 1. The largest absolute Gasteiger partial charge is 0.399 e. The first-order chi connectivity index (χ1) is 10.6. The molecule has 1 aliphatic rings. The third-order valence-electron chi connectivity index (χ3n) is 3.65. The summed E-state index contributed by atoms with van der Waals surface area (Å²) in [6, 6.07) is 7.27. The van der Waals surface area contributed by atoms with E-state index in [0.717, 1.165) is 22.6 Å². The van der Waals surface area contributed by atoms with Gasteiger partial charge in [0.1, 0.15) is 6.54 Å². The van der Waals surface area contributed by atoms with Gasteiger partial charge in [0.15, 0.2) is 0 Å². The number of benzene rings is 1. The van der Waals surface area contributed by atoms with Gasteiger partial charge in [-0.25, -0.2) is 0 Å². The topological polar surface area (TPSA) is 77.6 Å². The monoisotopic (exact) mass is 319 g/mol. The summed E-state index contributed by atoms with van der Waals surface area (Å²) in [6.45, 7) is 2.32. The summed E-state index contributed by atoms with van der Waals surface area (Å²) in [4.78, 5) is 26.0. The van der Waals surface area contributed by atoms with Crippen LogP contribution in [0.15, 0.2) is 34.4 Å². The molecule has 6 nitrogen and oxygen atoms in total. The highest BCUT2D eigenvalue weighted by Gasteiger charge is 2.19. The van der Waals surface area contributed by atoms with E-state index in [1.807, 2.05) is 12.1 Å². The normalized spacial score (nSPS) is 15.0. The quantitative estimate of drug-likeness (QED) is 0.857. The average molecular weight is 319 g/mol. The minimum absolute atomic E-state index is 0.0551. The number of nitrogens with zero attached hydrogens (tertiary/aromatic N) is 2. The van der Waals surface area contributed by atoms with E-state index in [1.165, 1.54) is 4.57 Å². The van der Waals surface area contributed by atoms with Crippen LogP contribution in [0.25, 0.3) is 11.3 Å². The lowest BCUT2D eigenvalue weighted by Crippen LogP contribution is -2.43. The second-order valence-electron chi connectivity index (χ2n) is 5.09. The van der Waals surface area contributed by atoms with Gasteiger partial charge in [0.25, 0.3) is 0 Å². The van der Waals surface area contributed by atoms with Gasteiger partial charge < -0.3 is 15.4 Å². The van der Waals surface area contributed by atoms with Crippen molar-refractivity contribution in [2.45, 2.75) is 6.54 Å². The predicted molar refractivity (Wildman–Crippen MR) is 85.8 cm³/mol. The van der Waals surface area contributed by atoms with Gasteiger partial charge in [-0.15, -0.1) is 0 Å². The number of aromatic nitrogens is 1. The third kappa shape index (κ3) is 3.05. The molecule has 0 unspecified atom stereocenters. The van der Waals surface area contributed by atoms with Crippen molar-refractivity contribution in [2.75, 3.05) is 32.0 Å². The maximum Gasteiger partial charge on any atom is 0.308 e. The zero-order chi connectivity index (χ0) is 15.5. The Balaban J connectivity index is 1.84. The number of nitrogens with two attached hydrogens (primary N) is 1. The molecule has 1 saturated heterocycles. The molecule has 0 aliphatic carbocycles. The molecule has 0 saturated carbocycles.